The van der Waals surface area contributed by atoms with Crippen LogP contribution in [0, 0.1) is 0 Å². The van der Waals surface area contributed by atoms with E-state index in [1.165, 1.54) is 12.8 Å². The van der Waals surface area contributed by atoms with Crippen molar-refractivity contribution in [1.82, 2.24) is 0 Å². The van der Waals surface area contributed by atoms with Crippen LogP contribution in [-0.4, -0.2) is 20.0 Å². The van der Waals surface area contributed by atoms with Gasteiger partial charge in [0.2, 0.25) is 0 Å². The minimum Gasteiger partial charge on any atom is -0.497 e. The maximum atomic E-state index is 12.9. The molecule has 0 heterocycles. The molecule has 0 amide bonds. The number of hydrogen-bond donors (Lipinski definition) is 0. The van der Waals surface area contributed by atoms with Crippen LogP contribution in [0.5, 0.6) is 23.0 Å². The van der Waals surface area contributed by atoms with Gasteiger partial charge in [-0.3, -0.25) is 4.79 Å². The number of carbonyl (C=O) groups excluding carboxylic acids is 1. The number of ketones is 1. The molecule has 0 radical (unpaired) electrons. The van der Waals surface area contributed by atoms with Gasteiger partial charge in [-0.15, -0.1) is 0 Å². The molecular formula is C30H35ClO5. The third kappa shape index (κ3) is 7.92. The second-order valence-electron chi connectivity index (χ2n) is 8.62. The van der Waals surface area contributed by atoms with E-state index in [1.54, 1.807) is 26.4 Å². The number of methoxy groups -OCH3 is 2. The van der Waals surface area contributed by atoms with Crippen LogP contribution in [0.15, 0.2) is 60.7 Å². The summed E-state index contributed by atoms with van der Waals surface area (Å²) in [4.78, 5) is 12.9. The summed E-state index contributed by atoms with van der Waals surface area (Å²) in [6, 6.07) is 18.8. The van der Waals surface area contributed by atoms with E-state index in [4.69, 9.17) is 30.5 Å². The Morgan fingerprint density at radius 3 is 1.83 bits per heavy atom. The Kier molecular flexibility index (Phi) is 11.0. The molecule has 0 unspecified atom stereocenters. The highest BCUT2D eigenvalue weighted by Gasteiger charge is 2.19. The number of Topliss-reactive ketones (excluding diaryl/α,β-unsaturated/α-hetero) is 1. The fourth-order valence-corrected chi connectivity index (χ4v) is 4.10. The molecule has 192 valence electrons. The van der Waals surface area contributed by atoms with Crippen molar-refractivity contribution in [2.75, 3.05) is 14.2 Å². The summed E-state index contributed by atoms with van der Waals surface area (Å²) < 4.78 is 22.7. The van der Waals surface area contributed by atoms with Crippen molar-refractivity contribution in [3.8, 4) is 23.0 Å². The highest BCUT2D eigenvalue weighted by atomic mass is 35.5. The lowest BCUT2D eigenvalue weighted by Gasteiger charge is -2.17. The molecular weight excluding hydrogens is 476 g/mol. The zero-order valence-corrected chi connectivity index (χ0v) is 22.1. The molecule has 0 fully saturated rings. The Morgan fingerprint density at radius 1 is 0.722 bits per heavy atom. The minimum atomic E-state index is 0.0208. The van der Waals surface area contributed by atoms with Crippen LogP contribution in [0.2, 0.25) is 5.02 Å². The SMILES string of the molecule is CCCCCCCC(=O)c1ccc(OCc2ccc(OC)cc2)c(OCc2ccc(OC)cc2)c1Cl. The van der Waals surface area contributed by atoms with Crippen LogP contribution in [0.25, 0.3) is 0 Å². The fraction of sp³-hybridized carbons (Fsp3) is 0.367. The van der Waals surface area contributed by atoms with Crippen molar-refractivity contribution < 1.29 is 23.7 Å². The second kappa shape index (κ2) is 14.4. The van der Waals surface area contributed by atoms with Gasteiger partial charge in [0.15, 0.2) is 17.3 Å². The van der Waals surface area contributed by atoms with Crippen molar-refractivity contribution in [3.63, 3.8) is 0 Å². The lowest BCUT2D eigenvalue weighted by Crippen LogP contribution is -2.06. The van der Waals surface area contributed by atoms with Crippen molar-refractivity contribution >= 4 is 17.4 Å². The minimum absolute atomic E-state index is 0.0208. The Hall–Kier alpha value is -3.18. The third-order valence-electron chi connectivity index (χ3n) is 5.96. The number of carbonyl (C=O) groups is 1. The first-order valence-electron chi connectivity index (χ1n) is 12.4. The molecule has 0 saturated heterocycles. The molecule has 0 aliphatic rings. The van der Waals surface area contributed by atoms with E-state index in [9.17, 15) is 4.79 Å². The first-order valence-corrected chi connectivity index (χ1v) is 12.8. The Balaban J connectivity index is 1.77. The molecule has 0 aliphatic heterocycles. The van der Waals surface area contributed by atoms with E-state index in [-0.39, 0.29) is 17.4 Å². The lowest BCUT2D eigenvalue weighted by molar-refractivity contribution is 0.0978. The van der Waals surface area contributed by atoms with Crippen LogP contribution in [-0.2, 0) is 13.2 Å². The van der Waals surface area contributed by atoms with Gasteiger partial charge in [0.05, 0.1) is 19.2 Å². The zero-order chi connectivity index (χ0) is 25.8. The topological polar surface area (TPSA) is 54.0 Å². The Labute approximate surface area is 219 Å². The molecule has 36 heavy (non-hydrogen) atoms. The third-order valence-corrected chi connectivity index (χ3v) is 6.34. The fourth-order valence-electron chi connectivity index (χ4n) is 3.79. The molecule has 0 atom stereocenters. The summed E-state index contributed by atoms with van der Waals surface area (Å²) in [5.41, 5.74) is 2.38. The smallest absolute Gasteiger partial charge is 0.180 e. The number of rotatable bonds is 15. The van der Waals surface area contributed by atoms with E-state index < -0.39 is 0 Å². The molecule has 0 bridgehead atoms. The molecule has 0 saturated carbocycles. The van der Waals surface area contributed by atoms with Crippen LogP contribution < -0.4 is 18.9 Å². The molecule has 3 rings (SSSR count). The molecule has 0 aliphatic carbocycles. The van der Waals surface area contributed by atoms with E-state index >= 15 is 0 Å². The highest BCUT2D eigenvalue weighted by Crippen LogP contribution is 2.39. The summed E-state index contributed by atoms with van der Waals surface area (Å²) >= 11 is 6.74. The molecule has 0 N–H and O–H groups in total. The number of halogens is 1. The summed E-state index contributed by atoms with van der Waals surface area (Å²) in [6.45, 7) is 2.78. The van der Waals surface area contributed by atoms with Gasteiger partial charge >= 0.3 is 0 Å². The zero-order valence-electron chi connectivity index (χ0n) is 21.3. The van der Waals surface area contributed by atoms with Crippen molar-refractivity contribution in [3.05, 3.63) is 82.4 Å². The van der Waals surface area contributed by atoms with E-state index in [0.717, 1.165) is 41.9 Å². The van der Waals surface area contributed by atoms with Crippen LogP contribution >= 0.6 is 11.6 Å². The number of hydrogen-bond acceptors (Lipinski definition) is 5. The maximum absolute atomic E-state index is 12.9. The van der Waals surface area contributed by atoms with Crippen LogP contribution in [0.3, 0.4) is 0 Å². The van der Waals surface area contributed by atoms with Crippen LogP contribution in [0.1, 0.15) is 66.9 Å². The normalized spacial score (nSPS) is 10.7. The van der Waals surface area contributed by atoms with Gasteiger partial charge in [0.1, 0.15) is 24.7 Å². The first-order chi connectivity index (χ1) is 17.5. The predicted octanol–water partition coefficient (Wildman–Crippen LogP) is 8.06. The average molecular weight is 511 g/mol. The van der Waals surface area contributed by atoms with Crippen molar-refractivity contribution in [2.45, 2.75) is 58.7 Å². The Morgan fingerprint density at radius 2 is 1.28 bits per heavy atom. The van der Waals surface area contributed by atoms with Gasteiger partial charge in [-0.2, -0.15) is 0 Å². The summed E-state index contributed by atoms with van der Waals surface area (Å²) in [7, 11) is 3.26. The molecule has 0 aromatic heterocycles. The van der Waals surface area contributed by atoms with E-state index in [1.807, 2.05) is 48.5 Å². The summed E-state index contributed by atoms with van der Waals surface area (Å²) in [6.07, 6.45) is 5.87. The molecule has 3 aromatic rings. The van der Waals surface area contributed by atoms with Crippen LogP contribution in [0.4, 0.5) is 0 Å². The lowest BCUT2D eigenvalue weighted by atomic mass is 10.0. The largest absolute Gasteiger partial charge is 0.497 e. The quantitative estimate of drug-likeness (QED) is 0.153. The predicted molar refractivity (Wildman–Crippen MR) is 144 cm³/mol. The Bertz CT molecular complexity index is 1090. The van der Waals surface area contributed by atoms with E-state index in [2.05, 4.69) is 6.92 Å². The summed E-state index contributed by atoms with van der Waals surface area (Å²) in [5, 5.41) is 0.286. The van der Waals surface area contributed by atoms with E-state index in [0.29, 0.717) is 30.1 Å². The van der Waals surface area contributed by atoms with Crippen molar-refractivity contribution in [1.29, 1.82) is 0 Å². The first kappa shape index (κ1) is 27.4. The van der Waals surface area contributed by atoms with Gasteiger partial charge in [0.25, 0.3) is 0 Å². The van der Waals surface area contributed by atoms with Gasteiger partial charge in [-0.1, -0.05) is 68.5 Å². The number of ether oxygens (including phenoxy) is 4. The van der Waals surface area contributed by atoms with Crippen molar-refractivity contribution in [2.24, 2.45) is 0 Å². The standard InChI is InChI=1S/C30H35ClO5/c1-4-5-6-7-8-9-27(32)26-18-19-28(35-20-22-10-14-24(33-2)15-11-22)30(29(26)31)36-21-23-12-16-25(34-3)17-13-23/h10-19H,4-9,20-21H2,1-3H3. The average Bonchev–Trinajstić information content (AvgIpc) is 2.91. The number of benzene rings is 3. The summed E-state index contributed by atoms with van der Waals surface area (Å²) in [5.74, 6) is 2.43. The molecule has 0 spiro atoms. The maximum Gasteiger partial charge on any atom is 0.180 e. The molecule has 3 aromatic carbocycles. The monoisotopic (exact) mass is 510 g/mol. The van der Waals surface area contributed by atoms with Gasteiger partial charge in [0, 0.05) is 12.0 Å². The van der Waals surface area contributed by atoms with Gasteiger partial charge < -0.3 is 18.9 Å². The highest BCUT2D eigenvalue weighted by molar-refractivity contribution is 6.35. The van der Waals surface area contributed by atoms with Gasteiger partial charge in [-0.25, -0.2) is 0 Å². The second-order valence-corrected chi connectivity index (χ2v) is 8.99. The van der Waals surface area contributed by atoms with Gasteiger partial charge in [-0.05, 0) is 53.9 Å². The molecule has 5 nitrogen and oxygen atoms in total. The number of unbranched alkanes of at least 4 members (excludes halogenated alkanes) is 4. The molecule has 6 heteroatoms.